The molecule has 0 bridgehead atoms. The molecule has 0 saturated carbocycles. The van der Waals surface area contributed by atoms with Crippen molar-refractivity contribution in [2.75, 3.05) is 57.4 Å². The third-order valence-electron chi connectivity index (χ3n) is 6.61. The van der Waals surface area contributed by atoms with Gasteiger partial charge in [0.05, 0.1) is 6.54 Å². The van der Waals surface area contributed by atoms with E-state index in [0.29, 0.717) is 13.1 Å². The van der Waals surface area contributed by atoms with Crippen LogP contribution in [0.2, 0.25) is 0 Å². The third-order valence-corrected chi connectivity index (χ3v) is 6.61. The summed E-state index contributed by atoms with van der Waals surface area (Å²) in [7, 11) is 0. The van der Waals surface area contributed by atoms with Crippen molar-refractivity contribution in [1.82, 2.24) is 10.2 Å². The molecular formula is C25H32FN3O2. The van der Waals surface area contributed by atoms with Crippen molar-refractivity contribution in [3.05, 3.63) is 66.0 Å². The molecule has 0 aliphatic carbocycles. The zero-order valence-corrected chi connectivity index (χ0v) is 18.1. The number of rotatable bonds is 6. The average molecular weight is 426 g/mol. The lowest BCUT2D eigenvalue weighted by atomic mass is 9.74. The van der Waals surface area contributed by atoms with E-state index in [1.54, 1.807) is 0 Å². The molecule has 2 saturated heterocycles. The number of hydrogen-bond acceptors (Lipinski definition) is 4. The number of halogens is 1. The van der Waals surface area contributed by atoms with Crippen LogP contribution in [-0.2, 0) is 14.9 Å². The first-order valence-corrected chi connectivity index (χ1v) is 11.3. The number of anilines is 1. The Balaban J connectivity index is 1.30. The number of nitrogens with zero attached hydrogens (tertiary/aromatic N) is 2. The fraction of sp³-hybridized carbons (Fsp3) is 0.480. The molecule has 2 heterocycles. The molecule has 4 rings (SSSR count). The van der Waals surface area contributed by atoms with Gasteiger partial charge in [0.15, 0.2) is 0 Å². The van der Waals surface area contributed by atoms with Crippen LogP contribution in [0, 0.1) is 5.82 Å². The SMILES string of the molecule is O=C(CN1CCCN(c2ccc(F)cc2)CC1)NCC1(c2ccccc2)CCOCC1. The minimum absolute atomic E-state index is 0.0483. The summed E-state index contributed by atoms with van der Waals surface area (Å²) in [6, 6.07) is 17.2. The molecule has 2 aliphatic rings. The average Bonchev–Trinajstić information content (AvgIpc) is 3.05. The second-order valence-corrected chi connectivity index (χ2v) is 8.63. The summed E-state index contributed by atoms with van der Waals surface area (Å²) in [5.41, 5.74) is 2.27. The van der Waals surface area contributed by atoms with E-state index in [-0.39, 0.29) is 17.1 Å². The van der Waals surface area contributed by atoms with Crippen LogP contribution < -0.4 is 10.2 Å². The molecule has 1 amide bonds. The second kappa shape index (κ2) is 10.2. The quantitative estimate of drug-likeness (QED) is 0.772. The molecule has 166 valence electrons. The van der Waals surface area contributed by atoms with Gasteiger partial charge in [0.1, 0.15) is 5.82 Å². The van der Waals surface area contributed by atoms with E-state index >= 15 is 0 Å². The molecule has 2 aliphatic heterocycles. The Morgan fingerprint density at radius 1 is 0.968 bits per heavy atom. The van der Waals surface area contributed by atoms with Gasteiger partial charge >= 0.3 is 0 Å². The summed E-state index contributed by atoms with van der Waals surface area (Å²) in [5, 5.41) is 3.22. The largest absolute Gasteiger partial charge is 0.381 e. The Kier molecular flexibility index (Phi) is 7.20. The molecule has 0 aromatic heterocycles. The lowest BCUT2D eigenvalue weighted by molar-refractivity contribution is -0.122. The van der Waals surface area contributed by atoms with Gasteiger partial charge in [-0.05, 0) is 49.1 Å². The highest BCUT2D eigenvalue weighted by Crippen LogP contribution is 2.34. The maximum absolute atomic E-state index is 13.2. The standard InChI is InChI=1S/C25H32FN3O2/c26-22-7-9-23(10-8-22)29-14-4-13-28(15-16-29)19-24(30)27-20-25(11-17-31-18-12-25)21-5-2-1-3-6-21/h1-3,5-10H,4,11-20H2,(H,27,30). The summed E-state index contributed by atoms with van der Waals surface area (Å²) >= 11 is 0. The maximum atomic E-state index is 13.2. The minimum atomic E-state index is -0.213. The Morgan fingerprint density at radius 3 is 2.45 bits per heavy atom. The van der Waals surface area contributed by atoms with E-state index in [0.717, 1.165) is 64.3 Å². The topological polar surface area (TPSA) is 44.8 Å². The van der Waals surface area contributed by atoms with Gasteiger partial charge in [0, 0.05) is 57.0 Å². The summed E-state index contributed by atoms with van der Waals surface area (Å²) in [6.45, 7) is 6.00. The number of carbonyl (C=O) groups is 1. The third kappa shape index (κ3) is 5.63. The minimum Gasteiger partial charge on any atom is -0.381 e. The smallest absolute Gasteiger partial charge is 0.234 e. The van der Waals surface area contributed by atoms with Gasteiger partial charge in [0.2, 0.25) is 5.91 Å². The van der Waals surface area contributed by atoms with Crippen molar-refractivity contribution in [1.29, 1.82) is 0 Å². The first-order chi connectivity index (χ1) is 15.1. The molecule has 0 unspecified atom stereocenters. The lowest BCUT2D eigenvalue weighted by Crippen LogP contribution is -2.47. The number of hydrogen-bond donors (Lipinski definition) is 1. The van der Waals surface area contributed by atoms with Crippen LogP contribution >= 0.6 is 0 Å². The van der Waals surface area contributed by atoms with Crippen LogP contribution in [0.25, 0.3) is 0 Å². The normalized spacial score (nSPS) is 19.6. The molecule has 2 aromatic rings. The van der Waals surface area contributed by atoms with E-state index in [4.69, 9.17) is 4.74 Å². The van der Waals surface area contributed by atoms with E-state index in [1.807, 2.05) is 18.2 Å². The van der Waals surface area contributed by atoms with Crippen LogP contribution in [0.3, 0.4) is 0 Å². The van der Waals surface area contributed by atoms with Gasteiger partial charge in [-0.2, -0.15) is 0 Å². The molecule has 0 spiro atoms. The zero-order chi connectivity index (χ0) is 21.5. The number of benzene rings is 2. The van der Waals surface area contributed by atoms with Gasteiger partial charge < -0.3 is 15.0 Å². The molecule has 0 radical (unpaired) electrons. The summed E-state index contributed by atoms with van der Waals surface area (Å²) in [6.07, 6.45) is 2.83. The van der Waals surface area contributed by atoms with E-state index in [1.165, 1.54) is 17.7 Å². The van der Waals surface area contributed by atoms with E-state index in [9.17, 15) is 9.18 Å². The van der Waals surface area contributed by atoms with Crippen LogP contribution in [0.4, 0.5) is 10.1 Å². The highest BCUT2D eigenvalue weighted by atomic mass is 19.1. The van der Waals surface area contributed by atoms with Crippen LogP contribution in [-0.4, -0.2) is 63.3 Å². The Labute approximate surface area is 184 Å². The highest BCUT2D eigenvalue weighted by molar-refractivity contribution is 5.78. The van der Waals surface area contributed by atoms with Gasteiger partial charge in [-0.1, -0.05) is 30.3 Å². The van der Waals surface area contributed by atoms with Crippen molar-refractivity contribution in [2.45, 2.75) is 24.7 Å². The number of nitrogens with one attached hydrogen (secondary N) is 1. The zero-order valence-electron chi connectivity index (χ0n) is 18.1. The van der Waals surface area contributed by atoms with E-state index in [2.05, 4.69) is 39.4 Å². The Bertz CT molecular complexity index is 838. The fourth-order valence-electron chi connectivity index (χ4n) is 4.69. The predicted molar refractivity (Wildman–Crippen MR) is 121 cm³/mol. The van der Waals surface area contributed by atoms with Gasteiger partial charge in [-0.25, -0.2) is 4.39 Å². The van der Waals surface area contributed by atoms with Crippen molar-refractivity contribution >= 4 is 11.6 Å². The molecule has 6 heteroatoms. The molecule has 5 nitrogen and oxygen atoms in total. The summed E-state index contributed by atoms with van der Waals surface area (Å²) in [5.74, 6) is -0.133. The molecule has 31 heavy (non-hydrogen) atoms. The Morgan fingerprint density at radius 2 is 1.71 bits per heavy atom. The maximum Gasteiger partial charge on any atom is 0.234 e. The van der Waals surface area contributed by atoms with Crippen LogP contribution in [0.5, 0.6) is 0 Å². The Hall–Kier alpha value is -2.44. The number of amides is 1. The molecule has 0 atom stereocenters. The van der Waals surface area contributed by atoms with Gasteiger partial charge in [-0.3, -0.25) is 9.69 Å². The molecule has 1 N–H and O–H groups in total. The first kappa shape index (κ1) is 21.8. The van der Waals surface area contributed by atoms with Gasteiger partial charge in [0.25, 0.3) is 0 Å². The monoisotopic (exact) mass is 425 g/mol. The van der Waals surface area contributed by atoms with E-state index < -0.39 is 0 Å². The van der Waals surface area contributed by atoms with Crippen molar-refractivity contribution in [3.8, 4) is 0 Å². The molecule has 2 fully saturated rings. The summed E-state index contributed by atoms with van der Waals surface area (Å²) < 4.78 is 18.8. The molecular weight excluding hydrogens is 393 g/mol. The highest BCUT2D eigenvalue weighted by Gasteiger charge is 2.34. The van der Waals surface area contributed by atoms with Crippen molar-refractivity contribution in [3.63, 3.8) is 0 Å². The van der Waals surface area contributed by atoms with Crippen LogP contribution in [0.15, 0.2) is 54.6 Å². The first-order valence-electron chi connectivity index (χ1n) is 11.3. The number of carbonyl (C=O) groups excluding carboxylic acids is 1. The van der Waals surface area contributed by atoms with Crippen molar-refractivity contribution in [2.24, 2.45) is 0 Å². The fourth-order valence-corrected chi connectivity index (χ4v) is 4.69. The predicted octanol–water partition coefficient (Wildman–Crippen LogP) is 3.20. The van der Waals surface area contributed by atoms with Crippen LogP contribution in [0.1, 0.15) is 24.8 Å². The number of ether oxygens (including phenoxy) is 1. The second-order valence-electron chi connectivity index (χ2n) is 8.63. The lowest BCUT2D eigenvalue weighted by Gasteiger charge is -2.38. The molecule has 2 aromatic carbocycles. The van der Waals surface area contributed by atoms with Gasteiger partial charge in [-0.15, -0.1) is 0 Å². The summed E-state index contributed by atoms with van der Waals surface area (Å²) in [4.78, 5) is 17.3. The van der Waals surface area contributed by atoms with Crippen molar-refractivity contribution < 1.29 is 13.9 Å².